The van der Waals surface area contributed by atoms with Crippen LogP contribution in [0, 0.1) is 0 Å². The van der Waals surface area contributed by atoms with E-state index < -0.39 is 0 Å². The van der Waals surface area contributed by atoms with Crippen molar-refractivity contribution in [1.82, 2.24) is 0 Å². The van der Waals surface area contributed by atoms with Crippen LogP contribution in [0.3, 0.4) is 0 Å². The maximum absolute atomic E-state index is 9.25. The second-order valence-electron chi connectivity index (χ2n) is 4.31. The van der Waals surface area contributed by atoms with Gasteiger partial charge in [0, 0.05) is 12.0 Å². The monoisotopic (exact) mass is 271 g/mol. The molecule has 0 aliphatic carbocycles. The first-order valence-corrected chi connectivity index (χ1v) is 6.25. The van der Waals surface area contributed by atoms with Gasteiger partial charge in [0.15, 0.2) is 0 Å². The van der Waals surface area contributed by atoms with E-state index in [1.165, 1.54) is 0 Å². The van der Waals surface area contributed by atoms with E-state index in [0.29, 0.717) is 12.1 Å². The van der Waals surface area contributed by atoms with Crippen molar-refractivity contribution in [3.63, 3.8) is 0 Å². The average Bonchev–Trinajstić information content (AvgIpc) is 2.52. The Morgan fingerprint density at radius 1 is 1.00 bits per heavy atom. The zero-order chi connectivity index (χ0) is 14.4. The predicted molar refractivity (Wildman–Crippen MR) is 78.0 cm³/mol. The Bertz CT molecular complexity index is 608. The highest BCUT2D eigenvalue weighted by atomic mass is 16.5. The number of methoxy groups -OCH3 is 2. The van der Waals surface area contributed by atoms with Crippen molar-refractivity contribution in [2.24, 2.45) is 5.16 Å². The van der Waals surface area contributed by atoms with E-state index >= 15 is 0 Å². The van der Waals surface area contributed by atoms with Gasteiger partial charge in [0.1, 0.15) is 11.5 Å². The topological polar surface area (TPSA) is 51.0 Å². The predicted octanol–water partition coefficient (Wildman–Crippen LogP) is 3.12. The van der Waals surface area contributed by atoms with E-state index in [2.05, 4.69) is 5.16 Å². The van der Waals surface area contributed by atoms with Crippen LogP contribution in [0.2, 0.25) is 0 Å². The molecule has 0 aromatic heterocycles. The Morgan fingerprint density at radius 2 is 1.65 bits per heavy atom. The second-order valence-corrected chi connectivity index (χ2v) is 4.31. The number of oxime groups is 1. The van der Waals surface area contributed by atoms with Crippen molar-refractivity contribution in [1.29, 1.82) is 0 Å². The quantitative estimate of drug-likeness (QED) is 0.516. The van der Waals surface area contributed by atoms with Gasteiger partial charge in [-0.1, -0.05) is 29.4 Å². The molecule has 20 heavy (non-hydrogen) atoms. The van der Waals surface area contributed by atoms with Gasteiger partial charge in [0.2, 0.25) is 0 Å². The fourth-order valence-corrected chi connectivity index (χ4v) is 1.97. The van der Waals surface area contributed by atoms with Gasteiger partial charge in [-0.25, -0.2) is 0 Å². The van der Waals surface area contributed by atoms with Crippen molar-refractivity contribution >= 4 is 5.71 Å². The lowest BCUT2D eigenvalue weighted by molar-refractivity contribution is 0.318. The molecule has 0 amide bonds. The molecular weight excluding hydrogens is 254 g/mol. The Morgan fingerprint density at radius 3 is 2.30 bits per heavy atom. The van der Waals surface area contributed by atoms with E-state index in [9.17, 15) is 5.21 Å². The van der Waals surface area contributed by atoms with Gasteiger partial charge in [-0.3, -0.25) is 0 Å². The van der Waals surface area contributed by atoms with Crippen molar-refractivity contribution in [2.75, 3.05) is 14.2 Å². The molecule has 0 bridgehead atoms. The molecule has 2 rings (SSSR count). The SMILES string of the molecule is COc1cccc(C/C(=N\O)c2cccc(OC)c2)c1. The zero-order valence-corrected chi connectivity index (χ0v) is 11.5. The molecule has 104 valence electrons. The van der Waals surface area contributed by atoms with Crippen LogP contribution in [-0.2, 0) is 6.42 Å². The average molecular weight is 271 g/mol. The summed E-state index contributed by atoms with van der Waals surface area (Å²) in [6.45, 7) is 0. The largest absolute Gasteiger partial charge is 0.497 e. The highest BCUT2D eigenvalue weighted by molar-refractivity contribution is 6.01. The molecule has 0 unspecified atom stereocenters. The summed E-state index contributed by atoms with van der Waals surface area (Å²) in [5.74, 6) is 1.51. The number of hydrogen-bond donors (Lipinski definition) is 1. The fourth-order valence-electron chi connectivity index (χ4n) is 1.97. The van der Waals surface area contributed by atoms with Crippen LogP contribution in [-0.4, -0.2) is 25.1 Å². The van der Waals surface area contributed by atoms with Crippen molar-refractivity contribution in [3.05, 3.63) is 59.7 Å². The summed E-state index contributed by atoms with van der Waals surface area (Å²) in [5, 5.41) is 12.7. The highest BCUT2D eigenvalue weighted by Crippen LogP contribution is 2.18. The molecule has 4 heteroatoms. The van der Waals surface area contributed by atoms with E-state index in [1.807, 2.05) is 48.5 Å². The van der Waals surface area contributed by atoms with Gasteiger partial charge >= 0.3 is 0 Å². The van der Waals surface area contributed by atoms with Gasteiger partial charge in [-0.15, -0.1) is 0 Å². The van der Waals surface area contributed by atoms with Gasteiger partial charge in [-0.05, 0) is 29.8 Å². The summed E-state index contributed by atoms with van der Waals surface area (Å²) in [5.41, 5.74) is 2.42. The molecule has 2 aromatic rings. The first-order chi connectivity index (χ1) is 9.76. The van der Waals surface area contributed by atoms with Crippen LogP contribution in [0.1, 0.15) is 11.1 Å². The third-order valence-electron chi connectivity index (χ3n) is 3.03. The summed E-state index contributed by atoms with van der Waals surface area (Å²) in [4.78, 5) is 0. The number of hydrogen-bond acceptors (Lipinski definition) is 4. The Kier molecular flexibility index (Phi) is 4.60. The summed E-state index contributed by atoms with van der Waals surface area (Å²) >= 11 is 0. The maximum Gasteiger partial charge on any atom is 0.119 e. The van der Waals surface area contributed by atoms with Crippen molar-refractivity contribution in [2.45, 2.75) is 6.42 Å². The Balaban J connectivity index is 2.24. The van der Waals surface area contributed by atoms with Crippen LogP contribution in [0.25, 0.3) is 0 Å². The summed E-state index contributed by atoms with van der Waals surface area (Å²) in [6.07, 6.45) is 0.515. The van der Waals surface area contributed by atoms with Crippen LogP contribution in [0.4, 0.5) is 0 Å². The third kappa shape index (κ3) is 3.29. The lowest BCUT2D eigenvalue weighted by Crippen LogP contribution is -2.06. The Hall–Kier alpha value is -2.49. The minimum Gasteiger partial charge on any atom is -0.497 e. The molecule has 0 spiro atoms. The van der Waals surface area contributed by atoms with E-state index in [1.54, 1.807) is 14.2 Å². The lowest BCUT2D eigenvalue weighted by atomic mass is 10.0. The van der Waals surface area contributed by atoms with Crippen molar-refractivity contribution < 1.29 is 14.7 Å². The van der Waals surface area contributed by atoms with Crippen molar-refractivity contribution in [3.8, 4) is 11.5 Å². The zero-order valence-electron chi connectivity index (χ0n) is 11.5. The Labute approximate surface area is 118 Å². The molecule has 0 atom stereocenters. The van der Waals surface area contributed by atoms with Gasteiger partial charge in [0.05, 0.1) is 19.9 Å². The minimum absolute atomic E-state index is 0.515. The molecule has 2 aromatic carbocycles. The number of rotatable bonds is 5. The van der Waals surface area contributed by atoms with Gasteiger partial charge in [-0.2, -0.15) is 0 Å². The van der Waals surface area contributed by atoms with Crippen LogP contribution < -0.4 is 9.47 Å². The molecule has 0 fully saturated rings. The molecule has 0 aliphatic rings. The number of nitrogens with zero attached hydrogens (tertiary/aromatic N) is 1. The second kappa shape index (κ2) is 6.61. The fraction of sp³-hybridized carbons (Fsp3) is 0.188. The van der Waals surface area contributed by atoms with E-state index in [4.69, 9.17) is 9.47 Å². The van der Waals surface area contributed by atoms with Crippen LogP contribution in [0.5, 0.6) is 11.5 Å². The summed E-state index contributed by atoms with van der Waals surface area (Å²) < 4.78 is 10.4. The van der Waals surface area contributed by atoms with Gasteiger partial charge in [0.25, 0.3) is 0 Å². The van der Waals surface area contributed by atoms with Crippen LogP contribution in [0.15, 0.2) is 53.7 Å². The molecule has 0 heterocycles. The molecule has 0 saturated heterocycles. The molecule has 1 N–H and O–H groups in total. The van der Waals surface area contributed by atoms with E-state index in [-0.39, 0.29) is 0 Å². The molecule has 0 saturated carbocycles. The number of ether oxygens (including phenoxy) is 2. The first-order valence-electron chi connectivity index (χ1n) is 6.25. The maximum atomic E-state index is 9.25. The highest BCUT2D eigenvalue weighted by Gasteiger charge is 2.08. The number of benzene rings is 2. The normalized spacial score (nSPS) is 11.2. The first kappa shape index (κ1) is 13.9. The molecule has 0 radical (unpaired) electrons. The summed E-state index contributed by atoms with van der Waals surface area (Å²) in [7, 11) is 3.24. The summed E-state index contributed by atoms with van der Waals surface area (Å²) in [6, 6.07) is 15.1. The third-order valence-corrected chi connectivity index (χ3v) is 3.03. The molecular formula is C16H17NO3. The smallest absolute Gasteiger partial charge is 0.119 e. The minimum atomic E-state index is 0.515. The molecule has 0 aliphatic heterocycles. The standard InChI is InChI=1S/C16H17NO3/c1-19-14-7-3-5-12(9-14)10-16(17-18)13-6-4-8-15(11-13)20-2/h3-9,11,18H,10H2,1-2H3/b17-16+. The van der Waals surface area contributed by atoms with Crippen LogP contribution >= 0.6 is 0 Å². The van der Waals surface area contributed by atoms with Gasteiger partial charge < -0.3 is 14.7 Å². The van der Waals surface area contributed by atoms with E-state index in [0.717, 1.165) is 22.6 Å². The molecule has 4 nitrogen and oxygen atoms in total. The lowest BCUT2D eigenvalue weighted by Gasteiger charge is -2.08.